The fourth-order valence-electron chi connectivity index (χ4n) is 1.61. The second kappa shape index (κ2) is 5.24. The van der Waals surface area contributed by atoms with Crippen LogP contribution in [-0.2, 0) is 14.3 Å². The molecule has 1 heterocycles. The summed E-state index contributed by atoms with van der Waals surface area (Å²) in [7, 11) is 0. The maximum absolute atomic E-state index is 11.0. The molecule has 0 saturated carbocycles. The Labute approximate surface area is 90.2 Å². The van der Waals surface area contributed by atoms with E-state index in [1.165, 1.54) is 0 Å². The van der Waals surface area contributed by atoms with E-state index in [4.69, 9.17) is 14.7 Å². The van der Waals surface area contributed by atoms with Crippen LogP contribution in [0.3, 0.4) is 0 Å². The molecule has 4 nitrogen and oxygen atoms in total. The van der Waals surface area contributed by atoms with Crippen molar-refractivity contribution >= 4 is 5.78 Å². The van der Waals surface area contributed by atoms with E-state index in [1.807, 2.05) is 19.9 Å². The highest BCUT2D eigenvalue weighted by Gasteiger charge is 2.32. The molecule has 4 heteroatoms. The molecule has 0 spiro atoms. The average molecular weight is 211 g/mol. The van der Waals surface area contributed by atoms with Gasteiger partial charge < -0.3 is 9.47 Å². The van der Waals surface area contributed by atoms with Crippen LogP contribution >= 0.6 is 0 Å². The molecule has 0 amide bonds. The largest absolute Gasteiger partial charge is 0.348 e. The van der Waals surface area contributed by atoms with E-state index in [2.05, 4.69) is 0 Å². The van der Waals surface area contributed by atoms with Crippen molar-refractivity contribution in [2.24, 2.45) is 0 Å². The molecule has 84 valence electrons. The van der Waals surface area contributed by atoms with Crippen molar-refractivity contribution < 1.29 is 14.3 Å². The molecular weight excluding hydrogens is 194 g/mol. The normalized spacial score (nSPS) is 23.7. The SMILES string of the molecule is CC1(C)OCC(CCCC(=O)CC#N)O1. The fraction of sp³-hybridized carbons (Fsp3) is 0.818. The number of ketones is 1. The first-order valence-electron chi connectivity index (χ1n) is 5.24. The van der Waals surface area contributed by atoms with Crippen LogP contribution in [0, 0.1) is 11.3 Å². The summed E-state index contributed by atoms with van der Waals surface area (Å²) in [6.45, 7) is 4.36. The van der Waals surface area contributed by atoms with E-state index in [-0.39, 0.29) is 18.3 Å². The second-order valence-electron chi connectivity index (χ2n) is 4.22. The minimum Gasteiger partial charge on any atom is -0.348 e. The summed E-state index contributed by atoms with van der Waals surface area (Å²) >= 11 is 0. The zero-order chi connectivity index (χ0) is 11.3. The van der Waals surface area contributed by atoms with Crippen molar-refractivity contribution in [3.63, 3.8) is 0 Å². The van der Waals surface area contributed by atoms with Gasteiger partial charge in [0.2, 0.25) is 0 Å². The summed E-state index contributed by atoms with van der Waals surface area (Å²) in [6, 6.07) is 1.85. The van der Waals surface area contributed by atoms with E-state index in [0.717, 1.165) is 12.8 Å². The number of hydrogen-bond acceptors (Lipinski definition) is 4. The van der Waals surface area contributed by atoms with Crippen molar-refractivity contribution in [3.05, 3.63) is 0 Å². The van der Waals surface area contributed by atoms with Crippen molar-refractivity contribution in [2.75, 3.05) is 6.61 Å². The van der Waals surface area contributed by atoms with Crippen molar-refractivity contribution in [1.82, 2.24) is 0 Å². The number of nitrogens with zero attached hydrogens (tertiary/aromatic N) is 1. The topological polar surface area (TPSA) is 59.3 Å². The van der Waals surface area contributed by atoms with E-state index in [1.54, 1.807) is 0 Å². The number of carbonyl (C=O) groups is 1. The molecule has 1 aliphatic rings. The predicted octanol–water partition coefficient (Wildman–Crippen LogP) is 1.79. The van der Waals surface area contributed by atoms with Crippen molar-refractivity contribution in [1.29, 1.82) is 5.26 Å². The molecule has 0 aromatic carbocycles. The Kier molecular flexibility index (Phi) is 4.25. The first kappa shape index (κ1) is 12.2. The molecule has 1 unspecified atom stereocenters. The Morgan fingerprint density at radius 2 is 2.33 bits per heavy atom. The number of Topliss-reactive ketones (excluding diaryl/α,β-unsaturated/α-hetero) is 1. The molecule has 0 aliphatic carbocycles. The van der Waals surface area contributed by atoms with Gasteiger partial charge in [0, 0.05) is 6.42 Å². The lowest BCUT2D eigenvalue weighted by molar-refractivity contribution is -0.139. The van der Waals surface area contributed by atoms with Crippen LogP contribution in [0.2, 0.25) is 0 Å². The molecule has 1 aliphatic heterocycles. The monoisotopic (exact) mass is 211 g/mol. The van der Waals surface area contributed by atoms with Gasteiger partial charge in [-0.05, 0) is 26.7 Å². The van der Waals surface area contributed by atoms with Crippen LogP contribution in [-0.4, -0.2) is 24.3 Å². The fourth-order valence-corrected chi connectivity index (χ4v) is 1.61. The second-order valence-corrected chi connectivity index (χ2v) is 4.22. The maximum atomic E-state index is 11.0. The molecule has 1 fully saturated rings. The van der Waals surface area contributed by atoms with E-state index < -0.39 is 5.79 Å². The maximum Gasteiger partial charge on any atom is 0.163 e. The van der Waals surface area contributed by atoms with Gasteiger partial charge in [-0.25, -0.2) is 0 Å². The van der Waals surface area contributed by atoms with Gasteiger partial charge in [-0.15, -0.1) is 0 Å². The summed E-state index contributed by atoms with van der Waals surface area (Å²) in [5, 5.41) is 8.30. The summed E-state index contributed by atoms with van der Waals surface area (Å²) in [5.74, 6) is -0.475. The minimum atomic E-state index is -0.485. The van der Waals surface area contributed by atoms with Gasteiger partial charge in [0.05, 0.1) is 25.2 Å². The molecule has 0 bridgehead atoms. The number of nitriles is 1. The number of rotatable bonds is 5. The minimum absolute atomic E-state index is 0.00988. The Morgan fingerprint density at radius 1 is 1.60 bits per heavy atom. The van der Waals surface area contributed by atoms with Crippen LogP contribution < -0.4 is 0 Å². The van der Waals surface area contributed by atoms with Crippen molar-refractivity contribution in [2.45, 2.75) is 51.4 Å². The summed E-state index contributed by atoms with van der Waals surface area (Å²) < 4.78 is 11.0. The van der Waals surface area contributed by atoms with Gasteiger partial charge >= 0.3 is 0 Å². The van der Waals surface area contributed by atoms with Gasteiger partial charge in [0.15, 0.2) is 5.79 Å². The first-order valence-corrected chi connectivity index (χ1v) is 5.24. The number of carbonyl (C=O) groups excluding carboxylic acids is 1. The molecule has 1 atom stereocenters. The number of ether oxygens (including phenoxy) is 2. The molecule has 0 N–H and O–H groups in total. The Morgan fingerprint density at radius 3 is 2.87 bits per heavy atom. The van der Waals surface area contributed by atoms with E-state index in [0.29, 0.717) is 13.0 Å². The van der Waals surface area contributed by atoms with Crippen LogP contribution in [0.25, 0.3) is 0 Å². The standard InChI is InChI=1S/C11H17NO3/c1-11(2)14-8-10(15-11)5-3-4-9(13)6-7-12/h10H,3-6,8H2,1-2H3. The predicted molar refractivity (Wildman–Crippen MR) is 54.0 cm³/mol. The zero-order valence-electron chi connectivity index (χ0n) is 9.28. The third kappa shape index (κ3) is 4.41. The summed E-state index contributed by atoms with van der Waals surface area (Å²) in [4.78, 5) is 11.0. The van der Waals surface area contributed by atoms with Gasteiger partial charge in [-0.1, -0.05) is 0 Å². The zero-order valence-corrected chi connectivity index (χ0v) is 9.28. The first-order chi connectivity index (χ1) is 7.03. The average Bonchev–Trinajstić information content (AvgIpc) is 2.46. The van der Waals surface area contributed by atoms with E-state index >= 15 is 0 Å². The molecule has 1 saturated heterocycles. The smallest absolute Gasteiger partial charge is 0.163 e. The highest BCUT2D eigenvalue weighted by Crippen LogP contribution is 2.25. The van der Waals surface area contributed by atoms with Crippen LogP contribution in [0.15, 0.2) is 0 Å². The summed E-state index contributed by atoms with van der Waals surface area (Å²) in [6.07, 6.45) is 2.17. The van der Waals surface area contributed by atoms with Gasteiger partial charge in [0.1, 0.15) is 5.78 Å². The molecule has 15 heavy (non-hydrogen) atoms. The Balaban J connectivity index is 2.12. The summed E-state index contributed by atoms with van der Waals surface area (Å²) in [5.41, 5.74) is 0. The highest BCUT2D eigenvalue weighted by atomic mass is 16.7. The third-order valence-corrected chi connectivity index (χ3v) is 2.33. The molecular formula is C11H17NO3. The van der Waals surface area contributed by atoms with Crippen molar-refractivity contribution in [3.8, 4) is 6.07 Å². The Hall–Kier alpha value is -0.920. The highest BCUT2D eigenvalue weighted by molar-refractivity contribution is 5.80. The molecule has 0 aromatic heterocycles. The molecule has 1 rings (SSSR count). The van der Waals surface area contributed by atoms with Gasteiger partial charge in [-0.2, -0.15) is 5.26 Å². The lowest BCUT2D eigenvalue weighted by Gasteiger charge is -2.16. The lowest BCUT2D eigenvalue weighted by Crippen LogP contribution is -2.21. The van der Waals surface area contributed by atoms with Crippen LogP contribution in [0.4, 0.5) is 0 Å². The van der Waals surface area contributed by atoms with Gasteiger partial charge in [-0.3, -0.25) is 4.79 Å². The quantitative estimate of drug-likeness (QED) is 0.695. The molecule has 0 aromatic rings. The van der Waals surface area contributed by atoms with E-state index in [9.17, 15) is 4.79 Å². The van der Waals surface area contributed by atoms with Crippen LogP contribution in [0.1, 0.15) is 39.5 Å². The Bertz CT molecular complexity index is 267. The molecule has 0 radical (unpaired) electrons. The third-order valence-electron chi connectivity index (χ3n) is 2.33. The lowest BCUT2D eigenvalue weighted by atomic mass is 10.1. The van der Waals surface area contributed by atoms with Crippen LogP contribution in [0.5, 0.6) is 0 Å². The van der Waals surface area contributed by atoms with Gasteiger partial charge in [0.25, 0.3) is 0 Å². The number of hydrogen-bond donors (Lipinski definition) is 0.